The van der Waals surface area contributed by atoms with Crippen LogP contribution in [-0.2, 0) is 4.79 Å². The number of hydrogen-bond donors (Lipinski definition) is 2. The molecule has 1 aromatic rings. The smallest absolute Gasteiger partial charge is 0.220 e. The van der Waals surface area contributed by atoms with Gasteiger partial charge in [-0.05, 0) is 56.2 Å². The predicted molar refractivity (Wildman–Crippen MR) is 92.1 cm³/mol. The zero-order valence-corrected chi connectivity index (χ0v) is 14.7. The number of halogens is 3. The number of amides is 1. The highest BCUT2D eigenvalue weighted by Gasteiger charge is 2.34. The van der Waals surface area contributed by atoms with E-state index in [-0.39, 0.29) is 23.9 Å². The zero-order valence-electron chi connectivity index (χ0n) is 13.9. The third kappa shape index (κ3) is 4.45. The second kappa shape index (κ2) is 8.26. The fourth-order valence-electron chi connectivity index (χ4n) is 4.04. The van der Waals surface area contributed by atoms with Crippen LogP contribution in [0.4, 0.5) is 8.78 Å². The molecule has 2 saturated heterocycles. The summed E-state index contributed by atoms with van der Waals surface area (Å²) in [6.45, 7) is 1.86. The molecule has 1 amide bonds. The molecule has 3 unspecified atom stereocenters. The molecule has 3 nitrogen and oxygen atoms in total. The number of fused-ring (bicyclic) bond motifs is 2. The van der Waals surface area contributed by atoms with Gasteiger partial charge >= 0.3 is 0 Å². The first-order valence-electron chi connectivity index (χ1n) is 8.55. The molecule has 0 saturated carbocycles. The van der Waals surface area contributed by atoms with Gasteiger partial charge in [-0.25, -0.2) is 8.78 Å². The third-order valence-electron chi connectivity index (χ3n) is 5.12. The lowest BCUT2D eigenvalue weighted by molar-refractivity contribution is -0.123. The van der Waals surface area contributed by atoms with E-state index >= 15 is 0 Å². The van der Waals surface area contributed by atoms with Gasteiger partial charge in [-0.2, -0.15) is 0 Å². The highest BCUT2D eigenvalue weighted by atomic mass is 35.5. The standard InChI is InChI=1S/C18H24F2N2O.ClH/c1-2-17(15-10-12(19)3-6-16(15)20)22-18(23)9-11-7-13-4-5-14(8-11)21-13;/h3,6,10-11,13-14,17,21H,2,4-5,7-9H2,1H3,(H,22,23);1H. The quantitative estimate of drug-likeness (QED) is 0.838. The van der Waals surface area contributed by atoms with E-state index < -0.39 is 17.7 Å². The number of hydrogen-bond acceptors (Lipinski definition) is 2. The lowest BCUT2D eigenvalue weighted by atomic mass is 9.89. The van der Waals surface area contributed by atoms with Crippen LogP contribution in [0.5, 0.6) is 0 Å². The Morgan fingerprint density at radius 2 is 1.96 bits per heavy atom. The first-order chi connectivity index (χ1) is 11.0. The fraction of sp³-hybridized carbons (Fsp3) is 0.611. The number of carbonyl (C=O) groups excluding carboxylic acids is 1. The normalized spacial score (nSPS) is 26.5. The van der Waals surface area contributed by atoms with Crippen molar-refractivity contribution in [2.45, 2.75) is 63.6 Å². The van der Waals surface area contributed by atoms with Gasteiger partial charge in [0.05, 0.1) is 6.04 Å². The van der Waals surface area contributed by atoms with Crippen molar-refractivity contribution >= 4 is 18.3 Å². The summed E-state index contributed by atoms with van der Waals surface area (Å²) in [5.41, 5.74) is 0.228. The number of piperidine rings is 1. The number of nitrogens with one attached hydrogen (secondary N) is 2. The molecular formula is C18H25ClF2N2O. The molecule has 3 rings (SSSR count). The molecule has 24 heavy (non-hydrogen) atoms. The van der Waals surface area contributed by atoms with E-state index in [0.717, 1.165) is 25.0 Å². The summed E-state index contributed by atoms with van der Waals surface area (Å²) in [5.74, 6) is -0.627. The van der Waals surface area contributed by atoms with Gasteiger partial charge in [-0.1, -0.05) is 6.92 Å². The molecule has 0 radical (unpaired) electrons. The molecule has 0 aliphatic carbocycles. The molecular weight excluding hydrogens is 334 g/mol. The van der Waals surface area contributed by atoms with Crippen LogP contribution in [0.3, 0.4) is 0 Å². The largest absolute Gasteiger partial charge is 0.349 e. The maximum atomic E-state index is 13.9. The van der Waals surface area contributed by atoms with Crippen LogP contribution in [0.2, 0.25) is 0 Å². The Morgan fingerprint density at radius 3 is 2.58 bits per heavy atom. The molecule has 6 heteroatoms. The van der Waals surface area contributed by atoms with E-state index in [0.29, 0.717) is 30.8 Å². The van der Waals surface area contributed by atoms with Gasteiger partial charge in [-0.3, -0.25) is 4.79 Å². The van der Waals surface area contributed by atoms with Crippen molar-refractivity contribution in [3.05, 3.63) is 35.4 Å². The number of carbonyl (C=O) groups is 1. The third-order valence-corrected chi connectivity index (χ3v) is 5.12. The molecule has 3 atom stereocenters. The minimum atomic E-state index is -0.482. The van der Waals surface area contributed by atoms with Gasteiger partial charge in [0.25, 0.3) is 0 Å². The van der Waals surface area contributed by atoms with Crippen LogP contribution in [-0.4, -0.2) is 18.0 Å². The average Bonchev–Trinajstić information content (AvgIpc) is 2.86. The van der Waals surface area contributed by atoms with Gasteiger partial charge in [0.2, 0.25) is 5.91 Å². The van der Waals surface area contributed by atoms with Crippen LogP contribution in [0.1, 0.15) is 57.1 Å². The van der Waals surface area contributed by atoms with E-state index in [4.69, 9.17) is 0 Å². The Morgan fingerprint density at radius 1 is 1.29 bits per heavy atom. The minimum Gasteiger partial charge on any atom is -0.349 e. The first-order valence-corrected chi connectivity index (χ1v) is 8.55. The maximum Gasteiger partial charge on any atom is 0.220 e. The number of benzene rings is 1. The summed E-state index contributed by atoms with van der Waals surface area (Å²) < 4.78 is 27.3. The van der Waals surface area contributed by atoms with E-state index in [9.17, 15) is 13.6 Å². The predicted octanol–water partition coefficient (Wildman–Crippen LogP) is 3.87. The summed E-state index contributed by atoms with van der Waals surface area (Å²) >= 11 is 0. The topological polar surface area (TPSA) is 41.1 Å². The Bertz CT molecular complexity index is 572. The molecule has 0 aromatic heterocycles. The summed E-state index contributed by atoms with van der Waals surface area (Å²) in [7, 11) is 0. The Balaban J connectivity index is 0.00000208. The minimum absolute atomic E-state index is 0. The van der Waals surface area contributed by atoms with Crippen LogP contribution in [0, 0.1) is 17.6 Å². The van der Waals surface area contributed by atoms with Crippen LogP contribution in [0.25, 0.3) is 0 Å². The summed E-state index contributed by atoms with van der Waals surface area (Å²) in [6, 6.07) is 4.01. The first kappa shape index (κ1) is 19.1. The molecule has 2 aliphatic rings. The highest BCUT2D eigenvalue weighted by molar-refractivity contribution is 5.85. The van der Waals surface area contributed by atoms with Crippen molar-refractivity contribution in [1.82, 2.24) is 10.6 Å². The monoisotopic (exact) mass is 358 g/mol. The summed E-state index contributed by atoms with van der Waals surface area (Å²) in [6.07, 6.45) is 5.49. The molecule has 2 heterocycles. The van der Waals surface area contributed by atoms with Crippen molar-refractivity contribution < 1.29 is 13.6 Å². The van der Waals surface area contributed by atoms with Gasteiger partial charge in [0, 0.05) is 24.1 Å². The highest BCUT2D eigenvalue weighted by Crippen LogP contribution is 2.33. The molecule has 0 spiro atoms. The van der Waals surface area contributed by atoms with Gasteiger partial charge in [-0.15, -0.1) is 12.4 Å². The van der Waals surface area contributed by atoms with Gasteiger partial charge < -0.3 is 10.6 Å². The molecule has 2 fully saturated rings. The zero-order chi connectivity index (χ0) is 16.4. The maximum absolute atomic E-state index is 13.9. The van der Waals surface area contributed by atoms with Gasteiger partial charge in [0.1, 0.15) is 11.6 Å². The van der Waals surface area contributed by atoms with Crippen molar-refractivity contribution in [1.29, 1.82) is 0 Å². The van der Waals surface area contributed by atoms with E-state index in [1.807, 2.05) is 6.92 Å². The molecule has 134 valence electrons. The second-order valence-electron chi connectivity index (χ2n) is 6.87. The fourth-order valence-corrected chi connectivity index (χ4v) is 4.04. The Labute approximate surface area is 148 Å². The molecule has 2 aliphatic heterocycles. The molecule has 2 bridgehead atoms. The van der Waals surface area contributed by atoms with E-state index in [1.54, 1.807) is 0 Å². The van der Waals surface area contributed by atoms with Crippen molar-refractivity contribution in [2.24, 2.45) is 5.92 Å². The molecule has 1 aromatic carbocycles. The summed E-state index contributed by atoms with van der Waals surface area (Å²) in [4.78, 5) is 12.3. The van der Waals surface area contributed by atoms with Gasteiger partial charge in [0.15, 0.2) is 0 Å². The average molecular weight is 359 g/mol. The van der Waals surface area contributed by atoms with Crippen molar-refractivity contribution in [3.63, 3.8) is 0 Å². The number of rotatable bonds is 5. The second-order valence-corrected chi connectivity index (χ2v) is 6.87. The summed E-state index contributed by atoms with van der Waals surface area (Å²) in [5, 5.41) is 6.44. The van der Waals surface area contributed by atoms with Crippen LogP contribution >= 0.6 is 12.4 Å². The van der Waals surface area contributed by atoms with Crippen molar-refractivity contribution in [2.75, 3.05) is 0 Å². The van der Waals surface area contributed by atoms with Crippen molar-refractivity contribution in [3.8, 4) is 0 Å². The van der Waals surface area contributed by atoms with E-state index in [2.05, 4.69) is 10.6 Å². The SMILES string of the molecule is CCC(NC(=O)CC1CC2CCC(C1)N2)c1cc(F)ccc1F.Cl. The molecule has 2 N–H and O–H groups in total. The Kier molecular flexibility index (Phi) is 6.58. The lowest BCUT2D eigenvalue weighted by Crippen LogP contribution is -2.40. The van der Waals surface area contributed by atoms with E-state index in [1.165, 1.54) is 18.9 Å². The van der Waals surface area contributed by atoms with Crippen LogP contribution < -0.4 is 10.6 Å². The van der Waals surface area contributed by atoms with Crippen LogP contribution in [0.15, 0.2) is 18.2 Å². The lowest BCUT2D eigenvalue weighted by Gasteiger charge is -2.29. The Hall–Kier alpha value is -1.20.